The highest BCUT2D eigenvalue weighted by molar-refractivity contribution is 9.10. The topological polar surface area (TPSA) is 58.4 Å². The third kappa shape index (κ3) is 3.30. The van der Waals surface area contributed by atoms with Gasteiger partial charge in [-0.05, 0) is 55.4 Å². The van der Waals surface area contributed by atoms with Crippen LogP contribution < -0.4 is 11.1 Å². The van der Waals surface area contributed by atoms with Crippen molar-refractivity contribution in [1.82, 2.24) is 4.90 Å². The molecule has 2 fully saturated rings. The van der Waals surface area contributed by atoms with Crippen molar-refractivity contribution in [1.29, 1.82) is 0 Å². The van der Waals surface area contributed by atoms with Gasteiger partial charge in [-0.1, -0.05) is 15.9 Å². The van der Waals surface area contributed by atoms with Crippen LogP contribution in [0.3, 0.4) is 0 Å². The Labute approximate surface area is 134 Å². The van der Waals surface area contributed by atoms with Crippen molar-refractivity contribution in [2.75, 3.05) is 25.0 Å². The number of nitrogens with one attached hydrogen (secondary N) is 1. The largest absolute Gasteiger partial charge is 0.327 e. The van der Waals surface area contributed by atoms with Crippen LogP contribution in [0.15, 0.2) is 22.7 Å². The normalized spacial score (nSPS) is 28.6. The van der Waals surface area contributed by atoms with E-state index < -0.39 is 0 Å². The number of halogens is 1. The molecule has 0 spiro atoms. The molecular formula is C16H22BrN3O. The lowest BCUT2D eigenvalue weighted by Gasteiger charge is -2.18. The molecule has 0 bridgehead atoms. The first-order valence-corrected chi connectivity index (χ1v) is 8.36. The molecule has 1 aromatic carbocycles. The lowest BCUT2D eigenvalue weighted by atomic mass is 9.98. The number of hydrogen-bond acceptors (Lipinski definition) is 3. The number of nitrogens with zero attached hydrogens (tertiary/aromatic N) is 1. The lowest BCUT2D eigenvalue weighted by Crippen LogP contribution is -2.34. The number of fused-ring (bicyclic) bond motifs is 1. The van der Waals surface area contributed by atoms with E-state index in [4.69, 9.17) is 5.73 Å². The lowest BCUT2D eigenvalue weighted by molar-refractivity contribution is -0.117. The molecule has 4 nitrogen and oxygen atoms in total. The molecule has 3 N–H and O–H groups in total. The average Bonchev–Trinajstić information content (AvgIpc) is 2.95. The fraction of sp³-hybridized carbons (Fsp3) is 0.562. The van der Waals surface area contributed by atoms with Crippen molar-refractivity contribution in [2.45, 2.75) is 25.8 Å². The Morgan fingerprint density at radius 3 is 2.95 bits per heavy atom. The molecule has 114 valence electrons. The molecule has 3 unspecified atom stereocenters. The van der Waals surface area contributed by atoms with Crippen LogP contribution in [0.2, 0.25) is 0 Å². The standard InChI is InChI=1S/C16H22BrN3O/c1-10-6-12(17)3-5-15(10)19-16(21)9-20-7-11-2-4-14(18)13(11)8-20/h3,5-6,11,13-14H,2,4,7-9,18H2,1H3,(H,19,21). The smallest absolute Gasteiger partial charge is 0.238 e. The van der Waals surface area contributed by atoms with Gasteiger partial charge in [-0.15, -0.1) is 0 Å². The van der Waals surface area contributed by atoms with Crippen molar-refractivity contribution < 1.29 is 4.79 Å². The van der Waals surface area contributed by atoms with Crippen LogP contribution >= 0.6 is 15.9 Å². The SMILES string of the molecule is Cc1cc(Br)ccc1NC(=O)CN1CC2CCC(N)C2C1. The number of carbonyl (C=O) groups excluding carboxylic acids is 1. The van der Waals surface area contributed by atoms with Gasteiger partial charge in [0.05, 0.1) is 6.54 Å². The van der Waals surface area contributed by atoms with Gasteiger partial charge in [0.2, 0.25) is 5.91 Å². The average molecular weight is 352 g/mol. The molecule has 1 saturated carbocycles. The van der Waals surface area contributed by atoms with Crippen LogP contribution in [0, 0.1) is 18.8 Å². The minimum atomic E-state index is 0.0639. The second-order valence-electron chi connectivity index (χ2n) is 6.37. The number of amides is 1. The fourth-order valence-corrected chi connectivity index (χ4v) is 4.16. The van der Waals surface area contributed by atoms with Crippen molar-refractivity contribution in [2.24, 2.45) is 17.6 Å². The molecule has 3 atom stereocenters. The van der Waals surface area contributed by atoms with E-state index in [2.05, 4.69) is 26.1 Å². The highest BCUT2D eigenvalue weighted by Crippen LogP contribution is 2.36. The van der Waals surface area contributed by atoms with Gasteiger partial charge in [-0.2, -0.15) is 0 Å². The van der Waals surface area contributed by atoms with Crippen LogP contribution in [0.5, 0.6) is 0 Å². The van der Waals surface area contributed by atoms with Gasteiger partial charge in [0.25, 0.3) is 0 Å². The van der Waals surface area contributed by atoms with Crippen molar-refractivity contribution in [3.8, 4) is 0 Å². The maximum atomic E-state index is 12.2. The van der Waals surface area contributed by atoms with Gasteiger partial charge < -0.3 is 11.1 Å². The molecule has 5 heteroatoms. The Kier molecular flexibility index (Phi) is 4.33. The number of likely N-dealkylation sites (tertiary alicyclic amines) is 1. The zero-order valence-corrected chi connectivity index (χ0v) is 13.9. The maximum absolute atomic E-state index is 12.2. The Bertz CT molecular complexity index is 548. The second kappa shape index (κ2) is 6.07. The van der Waals surface area contributed by atoms with Crippen LogP contribution in [-0.2, 0) is 4.79 Å². The summed E-state index contributed by atoms with van der Waals surface area (Å²) in [4.78, 5) is 14.5. The Hall–Kier alpha value is -0.910. The van der Waals surface area contributed by atoms with E-state index in [1.807, 2.05) is 25.1 Å². The molecule has 0 radical (unpaired) electrons. The molecule has 1 saturated heterocycles. The molecule has 1 aromatic rings. The van der Waals surface area contributed by atoms with Gasteiger partial charge in [-0.3, -0.25) is 9.69 Å². The minimum absolute atomic E-state index is 0.0639. The third-order valence-electron chi connectivity index (χ3n) is 4.82. The molecule has 21 heavy (non-hydrogen) atoms. The first-order valence-electron chi connectivity index (χ1n) is 7.57. The minimum Gasteiger partial charge on any atom is -0.327 e. The van der Waals surface area contributed by atoms with Crippen LogP contribution in [0.25, 0.3) is 0 Å². The van der Waals surface area contributed by atoms with Gasteiger partial charge >= 0.3 is 0 Å². The van der Waals surface area contributed by atoms with E-state index >= 15 is 0 Å². The summed E-state index contributed by atoms with van der Waals surface area (Å²) in [6.07, 6.45) is 2.36. The monoisotopic (exact) mass is 351 g/mol. The van der Waals surface area contributed by atoms with Crippen molar-refractivity contribution in [3.63, 3.8) is 0 Å². The second-order valence-corrected chi connectivity index (χ2v) is 7.28. The van der Waals surface area contributed by atoms with Crippen LogP contribution in [0.1, 0.15) is 18.4 Å². The summed E-state index contributed by atoms with van der Waals surface area (Å²) in [5, 5.41) is 3.01. The predicted molar refractivity (Wildman–Crippen MR) is 88.1 cm³/mol. The number of carbonyl (C=O) groups is 1. The molecule has 1 heterocycles. The molecule has 1 aliphatic carbocycles. The van der Waals surface area contributed by atoms with Crippen molar-refractivity contribution in [3.05, 3.63) is 28.2 Å². The first-order chi connectivity index (χ1) is 10.0. The van der Waals surface area contributed by atoms with Crippen LogP contribution in [-0.4, -0.2) is 36.5 Å². The van der Waals surface area contributed by atoms with Gasteiger partial charge in [-0.25, -0.2) is 0 Å². The van der Waals surface area contributed by atoms with E-state index in [1.54, 1.807) is 0 Å². The van der Waals surface area contributed by atoms with Gasteiger partial charge in [0.15, 0.2) is 0 Å². The molecule has 3 rings (SSSR count). The first kappa shape index (κ1) is 15.0. The van der Waals surface area contributed by atoms with E-state index in [-0.39, 0.29) is 5.91 Å². The molecular weight excluding hydrogens is 330 g/mol. The predicted octanol–water partition coefficient (Wildman–Crippen LogP) is 2.37. The third-order valence-corrected chi connectivity index (χ3v) is 5.31. The molecule has 2 aliphatic rings. The van der Waals surface area contributed by atoms with E-state index in [0.717, 1.165) is 35.2 Å². The summed E-state index contributed by atoms with van der Waals surface area (Å²) in [6.45, 7) is 4.46. The molecule has 0 aromatic heterocycles. The summed E-state index contributed by atoms with van der Waals surface area (Å²) < 4.78 is 1.03. The maximum Gasteiger partial charge on any atom is 0.238 e. The number of hydrogen-bond donors (Lipinski definition) is 2. The quantitative estimate of drug-likeness (QED) is 0.878. The number of rotatable bonds is 3. The summed E-state index contributed by atoms with van der Waals surface area (Å²) in [7, 11) is 0. The van der Waals surface area contributed by atoms with Crippen LogP contribution in [0.4, 0.5) is 5.69 Å². The fourth-order valence-electron chi connectivity index (χ4n) is 3.69. The van der Waals surface area contributed by atoms with Crippen molar-refractivity contribution >= 4 is 27.5 Å². The zero-order valence-electron chi connectivity index (χ0n) is 12.3. The summed E-state index contributed by atoms with van der Waals surface area (Å²) in [5.41, 5.74) is 8.09. The Morgan fingerprint density at radius 1 is 1.43 bits per heavy atom. The number of benzene rings is 1. The van der Waals surface area contributed by atoms with E-state index in [1.165, 1.54) is 6.42 Å². The molecule has 1 aliphatic heterocycles. The van der Waals surface area contributed by atoms with E-state index in [9.17, 15) is 4.79 Å². The molecule has 1 amide bonds. The summed E-state index contributed by atoms with van der Waals surface area (Å²) in [5.74, 6) is 1.35. The highest BCUT2D eigenvalue weighted by atomic mass is 79.9. The number of aryl methyl sites for hydroxylation is 1. The number of anilines is 1. The van der Waals surface area contributed by atoms with E-state index in [0.29, 0.717) is 24.4 Å². The van der Waals surface area contributed by atoms with Gasteiger partial charge in [0.1, 0.15) is 0 Å². The highest BCUT2D eigenvalue weighted by Gasteiger charge is 2.41. The Balaban J connectivity index is 1.55. The summed E-state index contributed by atoms with van der Waals surface area (Å²) in [6, 6.07) is 6.22. The summed E-state index contributed by atoms with van der Waals surface area (Å²) >= 11 is 3.43. The zero-order chi connectivity index (χ0) is 15.0. The van der Waals surface area contributed by atoms with Gasteiger partial charge in [0, 0.05) is 29.3 Å². The number of nitrogens with two attached hydrogens (primary N) is 1. The Morgan fingerprint density at radius 2 is 2.24 bits per heavy atom.